The lowest BCUT2D eigenvalue weighted by Gasteiger charge is -2.18. The molecule has 0 heterocycles. The van der Waals surface area contributed by atoms with Gasteiger partial charge in [-0.3, -0.25) is 9.59 Å². The van der Waals surface area contributed by atoms with E-state index in [1.54, 1.807) is 20.8 Å². The van der Waals surface area contributed by atoms with Crippen molar-refractivity contribution >= 4 is 21.8 Å². The summed E-state index contributed by atoms with van der Waals surface area (Å²) in [4.78, 5) is 25.2. The molecule has 7 nitrogen and oxygen atoms in total. The number of carbonyl (C=O) groups is 2. The Hall–Kier alpha value is -2.00. The zero-order valence-corrected chi connectivity index (χ0v) is 14.7. The molecule has 0 aliphatic heterocycles. The fourth-order valence-electron chi connectivity index (χ4n) is 2.06. The molecule has 0 unspecified atom stereocenters. The second-order valence-corrected chi connectivity index (χ2v) is 6.66. The van der Waals surface area contributed by atoms with Crippen LogP contribution < -0.4 is 10.0 Å². The Morgan fingerprint density at radius 3 is 2.33 bits per heavy atom. The first-order valence-corrected chi connectivity index (χ1v) is 9.10. The lowest BCUT2D eigenvalue weighted by atomic mass is 10.2. The number of rotatable bonds is 8. The van der Waals surface area contributed by atoms with Crippen LogP contribution in [-0.2, 0) is 14.8 Å². The fraction of sp³-hybridized carbons (Fsp3) is 0.467. The molecule has 0 spiro atoms. The van der Waals surface area contributed by atoms with E-state index in [0.717, 1.165) is 18.2 Å². The van der Waals surface area contributed by atoms with E-state index in [9.17, 15) is 22.4 Å². The van der Waals surface area contributed by atoms with Gasteiger partial charge >= 0.3 is 0 Å². The summed E-state index contributed by atoms with van der Waals surface area (Å²) in [7, 11) is -3.81. The van der Waals surface area contributed by atoms with E-state index in [-0.39, 0.29) is 23.9 Å². The first-order valence-electron chi connectivity index (χ1n) is 7.61. The van der Waals surface area contributed by atoms with Gasteiger partial charge in [0.1, 0.15) is 5.82 Å². The fourth-order valence-corrected chi connectivity index (χ4v) is 3.13. The Kier molecular flexibility index (Phi) is 7.30. The minimum absolute atomic E-state index is 0.166. The molecule has 0 aliphatic carbocycles. The molecule has 1 rings (SSSR count). The van der Waals surface area contributed by atoms with E-state index in [4.69, 9.17) is 0 Å². The third kappa shape index (κ3) is 5.00. The van der Waals surface area contributed by atoms with Crippen LogP contribution in [0, 0.1) is 5.82 Å². The predicted molar refractivity (Wildman–Crippen MR) is 87.5 cm³/mol. The Labute approximate surface area is 141 Å². The number of hydrogen-bond acceptors (Lipinski definition) is 4. The van der Waals surface area contributed by atoms with Crippen LogP contribution in [0.3, 0.4) is 0 Å². The number of nitrogens with zero attached hydrogens (tertiary/aromatic N) is 1. The van der Waals surface area contributed by atoms with Crippen molar-refractivity contribution in [2.75, 3.05) is 26.2 Å². The van der Waals surface area contributed by atoms with Gasteiger partial charge < -0.3 is 10.2 Å². The monoisotopic (exact) mass is 359 g/mol. The number of nitrogens with one attached hydrogen (secondary N) is 2. The van der Waals surface area contributed by atoms with Crippen LogP contribution in [0.25, 0.3) is 0 Å². The zero-order chi connectivity index (χ0) is 18.3. The maximum absolute atomic E-state index is 13.8. The highest BCUT2D eigenvalue weighted by atomic mass is 32.2. The van der Waals surface area contributed by atoms with Crippen LogP contribution in [0.5, 0.6) is 0 Å². The molecule has 0 fully saturated rings. The van der Waals surface area contributed by atoms with Crippen LogP contribution in [0.2, 0.25) is 0 Å². The SMILES string of the molecule is CCNS(=O)(=O)c1ccc(F)c(C(=O)NCC(=O)N(CC)CC)c1. The zero-order valence-electron chi connectivity index (χ0n) is 13.9. The molecule has 0 radical (unpaired) electrons. The van der Waals surface area contributed by atoms with E-state index < -0.39 is 27.3 Å². The van der Waals surface area contributed by atoms with E-state index in [1.165, 1.54) is 4.90 Å². The predicted octanol–water partition coefficient (Wildman–Crippen LogP) is 0.722. The molecule has 0 atom stereocenters. The van der Waals surface area contributed by atoms with E-state index in [2.05, 4.69) is 10.0 Å². The Balaban J connectivity index is 2.93. The average molecular weight is 359 g/mol. The van der Waals surface area contributed by atoms with Crippen molar-refractivity contribution in [1.82, 2.24) is 14.9 Å². The van der Waals surface area contributed by atoms with Gasteiger partial charge in [0.05, 0.1) is 17.0 Å². The first-order chi connectivity index (χ1) is 11.3. The number of amides is 2. The summed E-state index contributed by atoms with van der Waals surface area (Å²) >= 11 is 0. The minimum Gasteiger partial charge on any atom is -0.343 e. The lowest BCUT2D eigenvalue weighted by Crippen LogP contribution is -2.40. The molecular weight excluding hydrogens is 337 g/mol. The van der Waals surface area contributed by atoms with E-state index in [1.807, 2.05) is 0 Å². The summed E-state index contributed by atoms with van der Waals surface area (Å²) < 4.78 is 40.0. The number of sulfonamides is 1. The molecule has 1 aromatic carbocycles. The van der Waals surface area contributed by atoms with Gasteiger partial charge in [0.25, 0.3) is 5.91 Å². The van der Waals surface area contributed by atoms with Gasteiger partial charge in [0, 0.05) is 19.6 Å². The second kappa shape index (κ2) is 8.74. The Bertz CT molecular complexity index is 703. The number of hydrogen-bond donors (Lipinski definition) is 2. The third-order valence-corrected chi connectivity index (χ3v) is 4.89. The van der Waals surface area contributed by atoms with Crippen LogP contribution in [0.4, 0.5) is 4.39 Å². The number of benzene rings is 1. The molecule has 1 aromatic rings. The molecule has 134 valence electrons. The van der Waals surface area contributed by atoms with Crippen LogP contribution in [0.1, 0.15) is 31.1 Å². The quantitative estimate of drug-likeness (QED) is 0.715. The van der Waals surface area contributed by atoms with E-state index >= 15 is 0 Å². The van der Waals surface area contributed by atoms with Gasteiger partial charge in [-0.15, -0.1) is 0 Å². The van der Waals surface area contributed by atoms with E-state index in [0.29, 0.717) is 13.1 Å². The standard InChI is InChI=1S/C15H22FN3O4S/c1-4-18-24(22,23)11-7-8-13(16)12(9-11)15(21)17-10-14(20)19(5-2)6-3/h7-9,18H,4-6,10H2,1-3H3,(H,17,21). The molecule has 0 aliphatic rings. The van der Waals surface area contributed by atoms with Crippen molar-refractivity contribution in [1.29, 1.82) is 0 Å². The average Bonchev–Trinajstić information content (AvgIpc) is 2.53. The summed E-state index contributed by atoms with van der Waals surface area (Å²) in [6.07, 6.45) is 0. The van der Waals surface area contributed by atoms with Crippen molar-refractivity contribution in [3.63, 3.8) is 0 Å². The van der Waals surface area contributed by atoms with Crippen LogP contribution in [0.15, 0.2) is 23.1 Å². The smallest absolute Gasteiger partial charge is 0.254 e. The highest BCUT2D eigenvalue weighted by Crippen LogP contribution is 2.15. The van der Waals surface area contributed by atoms with Crippen molar-refractivity contribution in [2.45, 2.75) is 25.7 Å². The van der Waals surface area contributed by atoms with Crippen LogP contribution >= 0.6 is 0 Å². The van der Waals surface area contributed by atoms with Crippen molar-refractivity contribution < 1.29 is 22.4 Å². The van der Waals surface area contributed by atoms with Gasteiger partial charge in [0.2, 0.25) is 15.9 Å². The van der Waals surface area contributed by atoms with Gasteiger partial charge in [0.15, 0.2) is 0 Å². The second-order valence-electron chi connectivity index (χ2n) is 4.89. The van der Waals surface area contributed by atoms with Crippen molar-refractivity contribution in [3.8, 4) is 0 Å². The lowest BCUT2D eigenvalue weighted by molar-refractivity contribution is -0.129. The summed E-state index contributed by atoms with van der Waals surface area (Å²) in [6.45, 7) is 6.08. The largest absolute Gasteiger partial charge is 0.343 e. The Morgan fingerprint density at radius 2 is 1.79 bits per heavy atom. The number of carbonyl (C=O) groups excluding carboxylic acids is 2. The molecule has 9 heteroatoms. The van der Waals surface area contributed by atoms with Gasteiger partial charge in [-0.1, -0.05) is 6.92 Å². The summed E-state index contributed by atoms with van der Waals surface area (Å²) in [5.74, 6) is -2.01. The highest BCUT2D eigenvalue weighted by Gasteiger charge is 2.19. The summed E-state index contributed by atoms with van der Waals surface area (Å²) in [5, 5.41) is 2.31. The maximum Gasteiger partial charge on any atom is 0.254 e. The third-order valence-electron chi connectivity index (χ3n) is 3.34. The van der Waals surface area contributed by atoms with Crippen molar-refractivity contribution in [2.24, 2.45) is 0 Å². The van der Waals surface area contributed by atoms with Crippen LogP contribution in [-0.4, -0.2) is 51.3 Å². The minimum atomic E-state index is -3.81. The maximum atomic E-state index is 13.8. The Morgan fingerprint density at radius 1 is 1.17 bits per heavy atom. The van der Waals surface area contributed by atoms with Gasteiger partial charge in [-0.2, -0.15) is 0 Å². The molecule has 0 saturated heterocycles. The molecule has 2 amide bonds. The van der Waals surface area contributed by atoms with Gasteiger partial charge in [-0.25, -0.2) is 17.5 Å². The molecule has 0 aromatic heterocycles. The molecular formula is C15H22FN3O4S. The number of likely N-dealkylation sites (N-methyl/N-ethyl adjacent to an activating group) is 1. The van der Waals surface area contributed by atoms with Crippen molar-refractivity contribution in [3.05, 3.63) is 29.6 Å². The topological polar surface area (TPSA) is 95.6 Å². The first kappa shape index (κ1) is 20.0. The summed E-state index contributed by atoms with van der Waals surface area (Å²) in [6, 6.07) is 2.93. The summed E-state index contributed by atoms with van der Waals surface area (Å²) in [5.41, 5.74) is -0.429. The molecule has 24 heavy (non-hydrogen) atoms. The molecule has 0 bridgehead atoms. The molecule has 2 N–H and O–H groups in total. The number of halogens is 1. The molecule has 0 saturated carbocycles. The van der Waals surface area contributed by atoms with Gasteiger partial charge in [-0.05, 0) is 32.0 Å². The normalized spacial score (nSPS) is 11.2. The highest BCUT2D eigenvalue weighted by molar-refractivity contribution is 7.89.